The van der Waals surface area contributed by atoms with Gasteiger partial charge in [-0.1, -0.05) is 103 Å². The zero-order chi connectivity index (χ0) is 25.5. The van der Waals surface area contributed by atoms with Gasteiger partial charge in [0.25, 0.3) is 0 Å². The average molecular weight is 508 g/mol. The second-order valence-corrected chi connectivity index (χ2v) is 10.4. The molecular formula is C35H25NOS. The van der Waals surface area contributed by atoms with Gasteiger partial charge >= 0.3 is 0 Å². The summed E-state index contributed by atoms with van der Waals surface area (Å²) in [5.74, 6) is 0.864. The normalized spacial score (nSPS) is 11.3. The zero-order valence-electron chi connectivity index (χ0n) is 21.0. The Morgan fingerprint density at radius 3 is 1.76 bits per heavy atom. The molecule has 0 radical (unpaired) electrons. The van der Waals surface area contributed by atoms with Crippen LogP contribution in [-0.2, 0) is 0 Å². The minimum absolute atomic E-state index is 0.864. The van der Waals surface area contributed by atoms with Crippen LogP contribution in [-0.4, -0.2) is 11.7 Å². The van der Waals surface area contributed by atoms with Crippen LogP contribution in [0.1, 0.15) is 0 Å². The first-order valence-electron chi connectivity index (χ1n) is 12.7. The van der Waals surface area contributed by atoms with Crippen molar-refractivity contribution in [3.8, 4) is 43.4 Å². The highest BCUT2D eigenvalue weighted by molar-refractivity contribution is 7.21. The number of hydrogen-bond donors (Lipinski definition) is 0. The number of ether oxygens (including phenoxy) is 1. The molecule has 0 amide bonds. The number of rotatable bonds is 5. The second-order valence-electron chi connectivity index (χ2n) is 9.35. The van der Waals surface area contributed by atoms with Gasteiger partial charge in [0, 0.05) is 21.3 Å². The maximum Gasteiger partial charge on any atom is 0.118 e. The molecule has 2 nitrogen and oxygen atoms in total. The van der Waals surface area contributed by atoms with Gasteiger partial charge in [0.15, 0.2) is 0 Å². The van der Waals surface area contributed by atoms with E-state index in [2.05, 4.69) is 126 Å². The third-order valence-electron chi connectivity index (χ3n) is 7.12. The van der Waals surface area contributed by atoms with Crippen molar-refractivity contribution in [1.29, 1.82) is 0 Å². The van der Waals surface area contributed by atoms with Crippen LogP contribution in [0.4, 0.5) is 0 Å². The molecule has 0 unspecified atom stereocenters. The summed E-state index contributed by atoms with van der Waals surface area (Å²) in [6.45, 7) is 0. The predicted molar refractivity (Wildman–Crippen MR) is 162 cm³/mol. The molecule has 0 fully saturated rings. The van der Waals surface area contributed by atoms with Crippen LogP contribution < -0.4 is 4.74 Å². The lowest BCUT2D eigenvalue weighted by molar-refractivity contribution is 0.415. The predicted octanol–water partition coefficient (Wildman–Crippen LogP) is 9.85. The van der Waals surface area contributed by atoms with E-state index >= 15 is 0 Å². The highest BCUT2D eigenvalue weighted by Gasteiger charge is 2.23. The van der Waals surface area contributed by atoms with Crippen LogP contribution in [0.15, 0.2) is 133 Å². The topological polar surface area (TPSA) is 14.2 Å². The molecule has 0 spiro atoms. The van der Waals surface area contributed by atoms with E-state index in [0.29, 0.717) is 0 Å². The molecule has 0 aliphatic rings. The average Bonchev–Trinajstić information content (AvgIpc) is 3.54. The minimum atomic E-state index is 0.864. The summed E-state index contributed by atoms with van der Waals surface area (Å²) in [6, 6.07) is 47.4. The van der Waals surface area contributed by atoms with Crippen molar-refractivity contribution in [2.75, 3.05) is 7.11 Å². The molecule has 0 atom stereocenters. The van der Waals surface area contributed by atoms with Crippen molar-refractivity contribution >= 4 is 33.1 Å². The number of para-hydroxylation sites is 1. The van der Waals surface area contributed by atoms with E-state index in [1.54, 1.807) is 7.11 Å². The maximum absolute atomic E-state index is 5.39. The molecule has 0 bridgehead atoms. The second kappa shape index (κ2) is 9.37. The molecule has 0 saturated heterocycles. The maximum atomic E-state index is 5.39. The quantitative estimate of drug-likeness (QED) is 0.226. The first-order valence-corrected chi connectivity index (χ1v) is 13.5. The molecule has 7 aromatic rings. The van der Waals surface area contributed by atoms with E-state index in [1.807, 2.05) is 23.5 Å². The number of thiophene rings is 1. The molecule has 182 valence electrons. The van der Waals surface area contributed by atoms with E-state index in [4.69, 9.17) is 4.74 Å². The number of aromatic nitrogens is 1. The van der Waals surface area contributed by atoms with Gasteiger partial charge in [0.1, 0.15) is 5.75 Å². The van der Waals surface area contributed by atoms with Gasteiger partial charge in [-0.3, -0.25) is 0 Å². The lowest BCUT2D eigenvalue weighted by atomic mass is 10.0. The van der Waals surface area contributed by atoms with Gasteiger partial charge in [-0.2, -0.15) is 0 Å². The van der Waals surface area contributed by atoms with Gasteiger partial charge < -0.3 is 9.30 Å². The summed E-state index contributed by atoms with van der Waals surface area (Å²) in [5, 5.41) is 2.57. The Morgan fingerprint density at radius 2 is 1.13 bits per heavy atom. The highest BCUT2D eigenvalue weighted by atomic mass is 32.1. The zero-order valence-corrected chi connectivity index (χ0v) is 21.8. The summed E-state index contributed by atoms with van der Waals surface area (Å²) in [6.07, 6.45) is 0. The SMILES string of the molecule is COc1ccc(-c2ccc3c4c(-c5ccccc5)sc(-c5ccccc5)c4n(-c4ccccc4)c3c2)cc1. The number of hydrogen-bond acceptors (Lipinski definition) is 2. The van der Waals surface area contributed by atoms with Gasteiger partial charge in [-0.05, 0) is 52.6 Å². The van der Waals surface area contributed by atoms with Crippen molar-refractivity contribution in [2.24, 2.45) is 0 Å². The summed E-state index contributed by atoms with van der Waals surface area (Å²) < 4.78 is 7.84. The van der Waals surface area contributed by atoms with Crippen LogP contribution in [0.3, 0.4) is 0 Å². The number of nitrogens with zero attached hydrogens (tertiary/aromatic N) is 1. The minimum Gasteiger partial charge on any atom is -0.497 e. The van der Waals surface area contributed by atoms with Gasteiger partial charge in [0.05, 0.1) is 23.0 Å². The van der Waals surface area contributed by atoms with Crippen molar-refractivity contribution in [3.63, 3.8) is 0 Å². The number of benzene rings is 5. The third kappa shape index (κ3) is 3.71. The van der Waals surface area contributed by atoms with Crippen LogP contribution >= 0.6 is 11.3 Å². The van der Waals surface area contributed by atoms with Crippen molar-refractivity contribution in [2.45, 2.75) is 0 Å². The van der Waals surface area contributed by atoms with E-state index in [-0.39, 0.29) is 0 Å². The Morgan fingerprint density at radius 1 is 0.553 bits per heavy atom. The van der Waals surface area contributed by atoms with E-state index < -0.39 is 0 Å². The molecule has 0 N–H and O–H groups in total. The first-order chi connectivity index (χ1) is 18.8. The van der Waals surface area contributed by atoms with Gasteiger partial charge in [-0.25, -0.2) is 0 Å². The summed E-state index contributed by atoms with van der Waals surface area (Å²) in [4.78, 5) is 2.59. The number of methoxy groups -OCH3 is 1. The summed E-state index contributed by atoms with van der Waals surface area (Å²) in [5.41, 5.74) is 8.46. The standard InChI is InChI=1S/C35H25NOS/c1-37-29-20-17-24(18-21-29)27-19-22-30-31(23-27)36(28-15-9-4-10-16-28)33-32(30)34(25-11-5-2-6-12-25)38-35(33)26-13-7-3-8-14-26/h2-23H,1H3. The van der Waals surface area contributed by atoms with Crippen LogP contribution in [0.25, 0.3) is 59.5 Å². The smallest absolute Gasteiger partial charge is 0.118 e. The van der Waals surface area contributed by atoms with Gasteiger partial charge in [0.2, 0.25) is 0 Å². The summed E-state index contributed by atoms with van der Waals surface area (Å²) >= 11 is 1.88. The Labute approximate surface area is 226 Å². The highest BCUT2D eigenvalue weighted by Crippen LogP contribution is 2.49. The molecule has 0 aliphatic heterocycles. The molecule has 7 rings (SSSR count). The fourth-order valence-corrected chi connectivity index (χ4v) is 6.63. The Balaban J connectivity index is 1.60. The van der Waals surface area contributed by atoms with E-state index in [0.717, 1.165) is 11.4 Å². The summed E-state index contributed by atoms with van der Waals surface area (Å²) in [7, 11) is 1.70. The Hall–Kier alpha value is -4.60. The van der Waals surface area contributed by atoms with Crippen molar-refractivity contribution in [3.05, 3.63) is 133 Å². The third-order valence-corrected chi connectivity index (χ3v) is 8.40. The van der Waals surface area contributed by atoms with Crippen molar-refractivity contribution < 1.29 is 4.74 Å². The molecule has 2 heterocycles. The molecular weight excluding hydrogens is 482 g/mol. The molecule has 3 heteroatoms. The Bertz CT molecular complexity index is 1870. The molecule has 0 saturated carbocycles. The van der Waals surface area contributed by atoms with Crippen LogP contribution in [0.5, 0.6) is 5.75 Å². The molecule has 2 aromatic heterocycles. The lowest BCUT2D eigenvalue weighted by Crippen LogP contribution is -1.94. The first kappa shape index (κ1) is 22.6. The van der Waals surface area contributed by atoms with Crippen LogP contribution in [0.2, 0.25) is 0 Å². The molecule has 38 heavy (non-hydrogen) atoms. The Kier molecular flexibility index (Phi) is 5.57. The number of fused-ring (bicyclic) bond motifs is 3. The van der Waals surface area contributed by atoms with E-state index in [1.165, 1.54) is 53.8 Å². The monoisotopic (exact) mass is 507 g/mol. The van der Waals surface area contributed by atoms with Crippen LogP contribution in [0, 0.1) is 0 Å². The van der Waals surface area contributed by atoms with Crippen molar-refractivity contribution in [1.82, 2.24) is 4.57 Å². The van der Waals surface area contributed by atoms with E-state index in [9.17, 15) is 0 Å². The largest absolute Gasteiger partial charge is 0.497 e. The molecule has 5 aromatic carbocycles. The fraction of sp³-hybridized carbons (Fsp3) is 0.0286. The fourth-order valence-electron chi connectivity index (χ4n) is 5.32. The van der Waals surface area contributed by atoms with Gasteiger partial charge in [-0.15, -0.1) is 11.3 Å². The lowest BCUT2D eigenvalue weighted by Gasteiger charge is -2.10. The molecule has 0 aliphatic carbocycles.